The molecule has 0 aliphatic rings. The minimum absolute atomic E-state index is 0.138. The average Bonchev–Trinajstić information content (AvgIpc) is 2.38. The molecule has 0 aliphatic heterocycles. The van der Waals surface area contributed by atoms with Crippen LogP contribution in [-0.4, -0.2) is 30.9 Å². The van der Waals surface area contributed by atoms with Crippen LogP contribution in [0.25, 0.3) is 0 Å². The molecule has 3 nitrogen and oxygen atoms in total. The molecule has 0 radical (unpaired) electrons. The van der Waals surface area contributed by atoms with Crippen LogP contribution in [0, 0.1) is 5.92 Å². The second kappa shape index (κ2) is 7.17. The molecule has 100 valence electrons. The van der Waals surface area contributed by atoms with Crippen molar-refractivity contribution < 1.29 is 4.79 Å². The lowest BCUT2D eigenvalue weighted by Crippen LogP contribution is -2.38. The van der Waals surface area contributed by atoms with Crippen LogP contribution in [0.5, 0.6) is 0 Å². The highest BCUT2D eigenvalue weighted by Crippen LogP contribution is 2.20. The number of amides is 1. The van der Waals surface area contributed by atoms with Crippen LogP contribution >= 0.6 is 0 Å². The molecule has 0 spiro atoms. The Labute approximate surface area is 110 Å². The molecular weight excluding hydrogens is 224 g/mol. The summed E-state index contributed by atoms with van der Waals surface area (Å²) in [5.74, 6) is 0.589. The average molecular weight is 248 g/mol. The van der Waals surface area contributed by atoms with E-state index in [1.807, 2.05) is 32.2 Å². The molecular formula is C15H24N2O. The molecule has 0 heterocycles. The fourth-order valence-corrected chi connectivity index (χ4v) is 1.91. The summed E-state index contributed by atoms with van der Waals surface area (Å²) in [6.07, 6.45) is 0. The summed E-state index contributed by atoms with van der Waals surface area (Å²) in [5.41, 5.74) is 1.24. The molecule has 0 aromatic heterocycles. The molecule has 0 saturated heterocycles. The molecule has 1 aromatic rings. The van der Waals surface area contributed by atoms with Crippen molar-refractivity contribution in [3.63, 3.8) is 0 Å². The SMILES string of the molecule is CCN(C)C(=O)CNC(c1ccccc1)C(C)C. The van der Waals surface area contributed by atoms with Gasteiger partial charge in [-0.3, -0.25) is 4.79 Å². The van der Waals surface area contributed by atoms with Crippen molar-refractivity contribution in [2.45, 2.75) is 26.8 Å². The fourth-order valence-electron chi connectivity index (χ4n) is 1.91. The van der Waals surface area contributed by atoms with Gasteiger partial charge in [0.2, 0.25) is 5.91 Å². The maximum Gasteiger partial charge on any atom is 0.236 e. The number of rotatable bonds is 6. The van der Waals surface area contributed by atoms with E-state index in [-0.39, 0.29) is 11.9 Å². The lowest BCUT2D eigenvalue weighted by atomic mass is 9.96. The van der Waals surface area contributed by atoms with Crippen LogP contribution in [0.1, 0.15) is 32.4 Å². The van der Waals surface area contributed by atoms with Gasteiger partial charge in [-0.15, -0.1) is 0 Å². The normalized spacial score (nSPS) is 12.5. The second-order valence-corrected chi connectivity index (χ2v) is 4.92. The minimum Gasteiger partial charge on any atom is -0.345 e. The van der Waals surface area contributed by atoms with Crippen LogP contribution < -0.4 is 5.32 Å². The zero-order valence-corrected chi connectivity index (χ0v) is 11.8. The molecule has 0 fully saturated rings. The van der Waals surface area contributed by atoms with E-state index in [1.165, 1.54) is 5.56 Å². The molecule has 1 amide bonds. The molecule has 1 N–H and O–H groups in total. The highest BCUT2D eigenvalue weighted by molar-refractivity contribution is 5.77. The maximum absolute atomic E-state index is 11.8. The van der Waals surface area contributed by atoms with Gasteiger partial charge in [0.15, 0.2) is 0 Å². The van der Waals surface area contributed by atoms with Crippen molar-refractivity contribution in [3.8, 4) is 0 Å². The number of likely N-dealkylation sites (N-methyl/N-ethyl adjacent to an activating group) is 1. The summed E-state index contributed by atoms with van der Waals surface area (Å²) in [6.45, 7) is 7.45. The van der Waals surface area contributed by atoms with E-state index >= 15 is 0 Å². The third kappa shape index (κ3) is 4.15. The zero-order chi connectivity index (χ0) is 13.5. The lowest BCUT2D eigenvalue weighted by Gasteiger charge is -2.24. The predicted octanol–water partition coefficient (Wildman–Crippen LogP) is 2.45. The minimum atomic E-state index is 0.138. The van der Waals surface area contributed by atoms with Crippen LogP contribution in [0.2, 0.25) is 0 Å². The highest BCUT2D eigenvalue weighted by atomic mass is 16.2. The van der Waals surface area contributed by atoms with Gasteiger partial charge in [-0.25, -0.2) is 0 Å². The molecule has 1 rings (SSSR count). The fraction of sp³-hybridized carbons (Fsp3) is 0.533. The van der Waals surface area contributed by atoms with Gasteiger partial charge >= 0.3 is 0 Å². The largest absolute Gasteiger partial charge is 0.345 e. The summed E-state index contributed by atoms with van der Waals surface area (Å²) in [6, 6.07) is 10.5. The maximum atomic E-state index is 11.8. The van der Waals surface area contributed by atoms with E-state index in [0.29, 0.717) is 12.5 Å². The van der Waals surface area contributed by atoms with Gasteiger partial charge in [0.1, 0.15) is 0 Å². The van der Waals surface area contributed by atoms with Crippen LogP contribution in [0.4, 0.5) is 0 Å². The molecule has 0 saturated carbocycles. The van der Waals surface area contributed by atoms with E-state index in [1.54, 1.807) is 4.90 Å². The first-order chi connectivity index (χ1) is 8.56. The Balaban J connectivity index is 2.63. The first kappa shape index (κ1) is 14.7. The smallest absolute Gasteiger partial charge is 0.236 e. The van der Waals surface area contributed by atoms with Gasteiger partial charge in [0, 0.05) is 19.6 Å². The number of hydrogen-bond acceptors (Lipinski definition) is 2. The van der Waals surface area contributed by atoms with Crippen molar-refractivity contribution in [1.29, 1.82) is 0 Å². The highest BCUT2D eigenvalue weighted by Gasteiger charge is 2.16. The van der Waals surface area contributed by atoms with Crippen molar-refractivity contribution in [2.75, 3.05) is 20.1 Å². The summed E-state index contributed by atoms with van der Waals surface area (Å²) in [4.78, 5) is 13.5. The van der Waals surface area contributed by atoms with Gasteiger partial charge in [0.05, 0.1) is 6.54 Å². The topological polar surface area (TPSA) is 32.3 Å². The predicted molar refractivity (Wildman–Crippen MR) is 75.3 cm³/mol. The Bertz CT molecular complexity index is 362. The van der Waals surface area contributed by atoms with Gasteiger partial charge in [0.25, 0.3) is 0 Å². The molecule has 0 bridgehead atoms. The van der Waals surface area contributed by atoms with Crippen molar-refractivity contribution in [3.05, 3.63) is 35.9 Å². The number of carbonyl (C=O) groups is 1. The molecule has 3 heteroatoms. The molecule has 18 heavy (non-hydrogen) atoms. The molecule has 1 atom stereocenters. The Morgan fingerprint density at radius 3 is 2.39 bits per heavy atom. The van der Waals surface area contributed by atoms with Crippen molar-refractivity contribution in [2.24, 2.45) is 5.92 Å². The van der Waals surface area contributed by atoms with Gasteiger partial charge in [-0.05, 0) is 18.4 Å². The number of benzene rings is 1. The first-order valence-corrected chi connectivity index (χ1v) is 6.58. The lowest BCUT2D eigenvalue weighted by molar-refractivity contribution is -0.128. The summed E-state index contributed by atoms with van der Waals surface area (Å²) >= 11 is 0. The van der Waals surface area contributed by atoms with E-state index in [9.17, 15) is 4.79 Å². The zero-order valence-electron chi connectivity index (χ0n) is 11.8. The third-order valence-corrected chi connectivity index (χ3v) is 3.20. The van der Waals surface area contributed by atoms with Crippen molar-refractivity contribution in [1.82, 2.24) is 10.2 Å². The Hall–Kier alpha value is -1.35. The number of nitrogens with zero attached hydrogens (tertiary/aromatic N) is 1. The van der Waals surface area contributed by atoms with Crippen LogP contribution in [-0.2, 0) is 4.79 Å². The van der Waals surface area contributed by atoms with Gasteiger partial charge < -0.3 is 10.2 Å². The van der Waals surface area contributed by atoms with E-state index in [4.69, 9.17) is 0 Å². The Kier molecular flexibility index (Phi) is 5.86. The van der Waals surface area contributed by atoms with Crippen LogP contribution in [0.15, 0.2) is 30.3 Å². The van der Waals surface area contributed by atoms with E-state index in [2.05, 4.69) is 31.3 Å². The van der Waals surface area contributed by atoms with E-state index < -0.39 is 0 Å². The van der Waals surface area contributed by atoms with Gasteiger partial charge in [-0.2, -0.15) is 0 Å². The second-order valence-electron chi connectivity index (χ2n) is 4.92. The third-order valence-electron chi connectivity index (χ3n) is 3.20. The molecule has 1 aromatic carbocycles. The summed E-state index contributed by atoms with van der Waals surface area (Å²) < 4.78 is 0. The summed E-state index contributed by atoms with van der Waals surface area (Å²) in [7, 11) is 1.83. The van der Waals surface area contributed by atoms with Crippen molar-refractivity contribution >= 4 is 5.91 Å². The molecule has 0 aliphatic carbocycles. The standard InChI is InChI=1S/C15H24N2O/c1-5-17(4)14(18)11-16-15(12(2)3)13-9-7-6-8-10-13/h6-10,12,15-16H,5,11H2,1-4H3. The number of hydrogen-bond donors (Lipinski definition) is 1. The summed E-state index contributed by atoms with van der Waals surface area (Å²) in [5, 5.41) is 3.36. The van der Waals surface area contributed by atoms with Gasteiger partial charge in [-0.1, -0.05) is 44.2 Å². The monoisotopic (exact) mass is 248 g/mol. The molecule has 1 unspecified atom stereocenters. The number of nitrogens with one attached hydrogen (secondary N) is 1. The van der Waals surface area contributed by atoms with E-state index in [0.717, 1.165) is 6.54 Å². The van der Waals surface area contributed by atoms with Crippen LogP contribution in [0.3, 0.4) is 0 Å². The number of carbonyl (C=O) groups excluding carboxylic acids is 1. The Morgan fingerprint density at radius 1 is 1.28 bits per heavy atom. The quantitative estimate of drug-likeness (QED) is 0.838. The first-order valence-electron chi connectivity index (χ1n) is 6.58. The Morgan fingerprint density at radius 2 is 1.89 bits per heavy atom.